The zero-order chi connectivity index (χ0) is 25.2. The van der Waals surface area contributed by atoms with Gasteiger partial charge < -0.3 is 5.32 Å². The molecule has 0 bridgehead atoms. The van der Waals surface area contributed by atoms with Crippen LogP contribution in [0.15, 0.2) is 71.9 Å². The van der Waals surface area contributed by atoms with Crippen molar-refractivity contribution in [1.29, 1.82) is 0 Å². The van der Waals surface area contributed by atoms with Gasteiger partial charge in [0.1, 0.15) is 29.0 Å². The number of amides is 1. The number of carbonyl (C=O) groups is 1. The van der Waals surface area contributed by atoms with Crippen molar-refractivity contribution >= 4 is 16.9 Å². The first-order chi connectivity index (χ1) is 17.4. The molecule has 0 unspecified atom stereocenters. The molecule has 0 saturated heterocycles. The number of aromatic nitrogens is 6. The number of carbonyl (C=O) groups excluding carboxylic acids is 1. The highest BCUT2D eigenvalue weighted by atomic mass is 19.1. The van der Waals surface area contributed by atoms with E-state index >= 15 is 0 Å². The molecule has 5 rings (SSSR count). The average molecular weight is 489 g/mol. The van der Waals surface area contributed by atoms with Crippen molar-refractivity contribution in [3.63, 3.8) is 0 Å². The van der Waals surface area contributed by atoms with Crippen LogP contribution in [0.5, 0.6) is 0 Å². The zero-order valence-electron chi connectivity index (χ0n) is 19.2. The maximum atomic E-state index is 14.0. The number of benzene rings is 2. The SMILES string of the molecule is Cn1nc(-c2ccc(F)cc2)cc1C(=O)NCCn1ncc2c(=O)n(Cc3ccccc3F)cnc21. The summed E-state index contributed by atoms with van der Waals surface area (Å²) < 4.78 is 31.5. The second-order valence-electron chi connectivity index (χ2n) is 8.18. The van der Waals surface area contributed by atoms with Crippen LogP contribution in [0.25, 0.3) is 22.3 Å². The Labute approximate surface area is 203 Å². The van der Waals surface area contributed by atoms with E-state index in [0.29, 0.717) is 33.5 Å². The van der Waals surface area contributed by atoms with Crippen LogP contribution in [0.3, 0.4) is 0 Å². The van der Waals surface area contributed by atoms with Crippen LogP contribution < -0.4 is 10.9 Å². The normalized spacial score (nSPS) is 11.2. The van der Waals surface area contributed by atoms with Crippen molar-refractivity contribution in [3.05, 3.63) is 100 Å². The van der Waals surface area contributed by atoms with Gasteiger partial charge in [0.25, 0.3) is 11.5 Å². The fourth-order valence-electron chi connectivity index (χ4n) is 3.89. The largest absolute Gasteiger partial charge is 0.349 e. The molecular weight excluding hydrogens is 468 g/mol. The summed E-state index contributed by atoms with van der Waals surface area (Å²) in [5.41, 5.74) is 2.01. The summed E-state index contributed by atoms with van der Waals surface area (Å²) in [4.78, 5) is 29.9. The van der Waals surface area contributed by atoms with Crippen molar-refractivity contribution in [1.82, 2.24) is 34.4 Å². The Morgan fingerprint density at radius 1 is 1.08 bits per heavy atom. The van der Waals surface area contributed by atoms with Gasteiger partial charge in [-0.15, -0.1) is 0 Å². The van der Waals surface area contributed by atoms with E-state index in [4.69, 9.17) is 0 Å². The molecule has 2 aromatic carbocycles. The van der Waals surface area contributed by atoms with Gasteiger partial charge in [0.15, 0.2) is 5.65 Å². The number of hydrogen-bond acceptors (Lipinski definition) is 5. The van der Waals surface area contributed by atoms with Crippen LogP contribution >= 0.6 is 0 Å². The predicted molar refractivity (Wildman–Crippen MR) is 128 cm³/mol. The first-order valence-electron chi connectivity index (χ1n) is 11.1. The van der Waals surface area contributed by atoms with Crippen LogP contribution in [-0.4, -0.2) is 41.6 Å². The van der Waals surface area contributed by atoms with E-state index in [9.17, 15) is 18.4 Å². The fourth-order valence-corrected chi connectivity index (χ4v) is 3.89. The molecular formula is C25H21F2N7O2. The number of nitrogens with zero attached hydrogens (tertiary/aromatic N) is 6. The fraction of sp³-hybridized carbons (Fsp3) is 0.160. The number of halogens is 2. The summed E-state index contributed by atoms with van der Waals surface area (Å²) in [7, 11) is 1.65. The number of nitrogens with one attached hydrogen (secondary N) is 1. The van der Waals surface area contributed by atoms with Gasteiger partial charge in [-0.05, 0) is 36.4 Å². The molecule has 3 aromatic heterocycles. The maximum Gasteiger partial charge on any atom is 0.269 e. The van der Waals surface area contributed by atoms with Gasteiger partial charge >= 0.3 is 0 Å². The van der Waals surface area contributed by atoms with Gasteiger partial charge in [-0.3, -0.25) is 18.8 Å². The van der Waals surface area contributed by atoms with Gasteiger partial charge in [-0.25, -0.2) is 18.4 Å². The molecule has 182 valence electrons. The van der Waals surface area contributed by atoms with Crippen LogP contribution in [0.4, 0.5) is 8.78 Å². The first-order valence-corrected chi connectivity index (χ1v) is 11.1. The van der Waals surface area contributed by atoms with Crippen molar-refractivity contribution in [3.8, 4) is 11.3 Å². The molecule has 1 N–H and O–H groups in total. The molecule has 5 aromatic rings. The number of aryl methyl sites for hydroxylation is 1. The second kappa shape index (κ2) is 9.53. The second-order valence-corrected chi connectivity index (χ2v) is 8.18. The third-order valence-electron chi connectivity index (χ3n) is 5.78. The molecule has 0 saturated carbocycles. The molecule has 3 heterocycles. The topological polar surface area (TPSA) is 99.6 Å². The molecule has 1 amide bonds. The van der Waals surface area contributed by atoms with E-state index < -0.39 is 5.82 Å². The molecule has 0 aliphatic rings. The lowest BCUT2D eigenvalue weighted by molar-refractivity contribution is 0.0942. The molecule has 0 atom stereocenters. The Balaban J connectivity index is 1.26. The van der Waals surface area contributed by atoms with Crippen molar-refractivity contribution in [2.75, 3.05) is 6.54 Å². The standard InChI is InChI=1S/C25H21F2N7O2/c1-32-22(12-21(31-32)16-6-8-18(26)9-7-16)24(35)28-10-11-34-23-19(13-30-34)25(36)33(15-29-23)14-17-4-2-3-5-20(17)27/h2-9,12-13,15H,10-11,14H2,1H3,(H,28,35). The minimum atomic E-state index is -0.394. The summed E-state index contributed by atoms with van der Waals surface area (Å²) in [5.74, 6) is -1.08. The highest BCUT2D eigenvalue weighted by Crippen LogP contribution is 2.19. The molecule has 11 heteroatoms. The van der Waals surface area contributed by atoms with E-state index in [1.807, 2.05) is 0 Å². The summed E-state index contributed by atoms with van der Waals surface area (Å²) in [6, 6.07) is 13.7. The molecule has 0 spiro atoms. The zero-order valence-corrected chi connectivity index (χ0v) is 19.2. The molecule has 0 aliphatic carbocycles. The lowest BCUT2D eigenvalue weighted by atomic mass is 10.1. The van der Waals surface area contributed by atoms with E-state index in [1.54, 1.807) is 43.4 Å². The molecule has 36 heavy (non-hydrogen) atoms. The molecule has 0 aliphatic heterocycles. The number of fused-ring (bicyclic) bond motifs is 1. The molecule has 0 fully saturated rings. The lowest BCUT2D eigenvalue weighted by Gasteiger charge is -2.08. The monoisotopic (exact) mass is 489 g/mol. The van der Waals surface area contributed by atoms with Gasteiger partial charge in [-0.2, -0.15) is 10.2 Å². The highest BCUT2D eigenvalue weighted by Gasteiger charge is 2.15. The Kier molecular flexibility index (Phi) is 6.11. The van der Waals surface area contributed by atoms with Crippen molar-refractivity contribution in [2.24, 2.45) is 7.05 Å². The van der Waals surface area contributed by atoms with Crippen LogP contribution in [0.1, 0.15) is 16.1 Å². The van der Waals surface area contributed by atoms with E-state index in [-0.39, 0.29) is 36.9 Å². The van der Waals surface area contributed by atoms with Gasteiger partial charge in [0.2, 0.25) is 0 Å². The van der Waals surface area contributed by atoms with Gasteiger partial charge in [-0.1, -0.05) is 18.2 Å². The van der Waals surface area contributed by atoms with E-state index in [2.05, 4.69) is 20.5 Å². The van der Waals surface area contributed by atoms with Crippen molar-refractivity contribution < 1.29 is 13.6 Å². The van der Waals surface area contributed by atoms with Crippen LogP contribution in [-0.2, 0) is 20.1 Å². The van der Waals surface area contributed by atoms with Gasteiger partial charge in [0, 0.05) is 24.7 Å². The number of rotatable bonds is 7. The lowest BCUT2D eigenvalue weighted by Crippen LogP contribution is -2.29. The average Bonchev–Trinajstić information content (AvgIpc) is 3.46. The Morgan fingerprint density at radius 2 is 1.86 bits per heavy atom. The third kappa shape index (κ3) is 4.50. The molecule has 0 radical (unpaired) electrons. The van der Waals surface area contributed by atoms with E-state index in [0.717, 1.165) is 0 Å². The minimum Gasteiger partial charge on any atom is -0.349 e. The highest BCUT2D eigenvalue weighted by molar-refractivity contribution is 5.93. The van der Waals surface area contributed by atoms with Crippen LogP contribution in [0.2, 0.25) is 0 Å². The van der Waals surface area contributed by atoms with Crippen LogP contribution in [0, 0.1) is 11.6 Å². The Bertz CT molecular complexity index is 1620. The summed E-state index contributed by atoms with van der Waals surface area (Å²) >= 11 is 0. The minimum absolute atomic E-state index is 0.0558. The predicted octanol–water partition coefficient (Wildman–Crippen LogP) is 2.75. The quantitative estimate of drug-likeness (QED) is 0.379. The van der Waals surface area contributed by atoms with Gasteiger partial charge in [0.05, 0.1) is 25.0 Å². The first kappa shape index (κ1) is 23.1. The van der Waals surface area contributed by atoms with E-state index in [1.165, 1.54) is 44.7 Å². The Morgan fingerprint density at radius 3 is 2.64 bits per heavy atom. The number of hydrogen-bond donors (Lipinski definition) is 1. The Hall–Kier alpha value is -4.67. The summed E-state index contributed by atoms with van der Waals surface area (Å²) in [5, 5.41) is 11.7. The smallest absolute Gasteiger partial charge is 0.269 e. The third-order valence-corrected chi connectivity index (χ3v) is 5.78. The maximum absolute atomic E-state index is 14.0. The summed E-state index contributed by atoms with van der Waals surface area (Å²) in [6.07, 6.45) is 2.78. The van der Waals surface area contributed by atoms with Crippen molar-refractivity contribution in [2.45, 2.75) is 13.1 Å². The molecule has 9 nitrogen and oxygen atoms in total. The summed E-state index contributed by atoms with van der Waals surface area (Å²) in [6.45, 7) is 0.564.